The molecule has 94 valence electrons. The molecule has 0 aliphatic carbocycles. The first-order chi connectivity index (χ1) is 8.33. The highest BCUT2D eigenvalue weighted by molar-refractivity contribution is 5.69. The highest BCUT2D eigenvalue weighted by Crippen LogP contribution is 2.03. The molecule has 0 aromatic heterocycles. The first-order valence-electron chi connectivity index (χ1n) is 6.01. The standard InChI is InChI=1S/C14H20O3/c1-16-11-6-10-14(15)17-12-5-9-13-7-3-2-4-8-13/h2-4,7-8H,5-6,9-12H2,1H3. The van der Waals surface area contributed by atoms with Gasteiger partial charge in [0.15, 0.2) is 0 Å². The Labute approximate surface area is 103 Å². The second-order valence-electron chi connectivity index (χ2n) is 3.91. The van der Waals surface area contributed by atoms with Gasteiger partial charge in [-0.1, -0.05) is 30.3 Å². The number of carbonyl (C=O) groups is 1. The van der Waals surface area contributed by atoms with E-state index in [0.29, 0.717) is 19.6 Å². The third kappa shape index (κ3) is 6.74. The number of methoxy groups -OCH3 is 1. The summed E-state index contributed by atoms with van der Waals surface area (Å²) in [6.07, 6.45) is 3.00. The molecule has 3 nitrogen and oxygen atoms in total. The maximum absolute atomic E-state index is 11.3. The van der Waals surface area contributed by atoms with Crippen LogP contribution in [0.4, 0.5) is 0 Å². The molecular formula is C14H20O3. The molecule has 0 saturated carbocycles. The van der Waals surface area contributed by atoms with E-state index < -0.39 is 0 Å². The zero-order chi connectivity index (χ0) is 12.3. The average Bonchev–Trinajstić information content (AvgIpc) is 2.36. The van der Waals surface area contributed by atoms with E-state index in [0.717, 1.165) is 19.3 Å². The van der Waals surface area contributed by atoms with Crippen molar-refractivity contribution >= 4 is 5.97 Å². The van der Waals surface area contributed by atoms with E-state index >= 15 is 0 Å². The van der Waals surface area contributed by atoms with Crippen LogP contribution in [0.25, 0.3) is 0 Å². The van der Waals surface area contributed by atoms with Crippen LogP contribution in [0.2, 0.25) is 0 Å². The maximum Gasteiger partial charge on any atom is 0.305 e. The van der Waals surface area contributed by atoms with Crippen molar-refractivity contribution in [3.05, 3.63) is 35.9 Å². The van der Waals surface area contributed by atoms with Crippen molar-refractivity contribution in [2.24, 2.45) is 0 Å². The van der Waals surface area contributed by atoms with Gasteiger partial charge in [0.1, 0.15) is 0 Å². The summed E-state index contributed by atoms with van der Waals surface area (Å²) in [6.45, 7) is 1.11. The Kier molecular flexibility index (Phi) is 7.07. The summed E-state index contributed by atoms with van der Waals surface area (Å²) in [7, 11) is 1.63. The molecule has 0 radical (unpaired) electrons. The molecule has 0 aliphatic rings. The Morgan fingerprint density at radius 1 is 1.12 bits per heavy atom. The fourth-order valence-electron chi connectivity index (χ4n) is 1.54. The third-order valence-corrected chi connectivity index (χ3v) is 2.45. The SMILES string of the molecule is COCCCC(=O)OCCCc1ccccc1. The summed E-state index contributed by atoms with van der Waals surface area (Å²) in [5.74, 6) is -0.130. The van der Waals surface area contributed by atoms with Gasteiger partial charge in [-0.05, 0) is 24.8 Å². The number of hydrogen-bond acceptors (Lipinski definition) is 3. The molecule has 0 N–H and O–H groups in total. The number of hydrogen-bond donors (Lipinski definition) is 0. The first kappa shape index (κ1) is 13.7. The van der Waals surface area contributed by atoms with Crippen molar-refractivity contribution in [2.45, 2.75) is 25.7 Å². The summed E-state index contributed by atoms with van der Waals surface area (Å²) in [5, 5.41) is 0. The van der Waals surface area contributed by atoms with Gasteiger partial charge in [0.25, 0.3) is 0 Å². The van der Waals surface area contributed by atoms with E-state index in [4.69, 9.17) is 9.47 Å². The molecule has 0 unspecified atom stereocenters. The monoisotopic (exact) mass is 236 g/mol. The minimum atomic E-state index is -0.130. The second kappa shape index (κ2) is 8.76. The quantitative estimate of drug-likeness (QED) is 0.514. The number of carbonyl (C=O) groups excluding carboxylic acids is 1. The number of ether oxygens (including phenoxy) is 2. The summed E-state index contributed by atoms with van der Waals surface area (Å²) in [4.78, 5) is 11.3. The summed E-state index contributed by atoms with van der Waals surface area (Å²) in [5.41, 5.74) is 1.28. The average molecular weight is 236 g/mol. The Balaban J connectivity index is 2.02. The molecular weight excluding hydrogens is 216 g/mol. The molecule has 0 saturated heterocycles. The van der Waals surface area contributed by atoms with Gasteiger partial charge in [-0.3, -0.25) is 4.79 Å². The number of benzene rings is 1. The van der Waals surface area contributed by atoms with Crippen molar-refractivity contribution in [3.8, 4) is 0 Å². The second-order valence-corrected chi connectivity index (χ2v) is 3.91. The normalized spacial score (nSPS) is 10.2. The van der Waals surface area contributed by atoms with Gasteiger partial charge < -0.3 is 9.47 Å². The predicted molar refractivity (Wildman–Crippen MR) is 66.8 cm³/mol. The summed E-state index contributed by atoms with van der Waals surface area (Å²) < 4.78 is 9.98. The number of esters is 1. The van der Waals surface area contributed by atoms with Crippen molar-refractivity contribution in [2.75, 3.05) is 20.3 Å². The van der Waals surface area contributed by atoms with E-state index in [9.17, 15) is 4.79 Å². The van der Waals surface area contributed by atoms with Crippen molar-refractivity contribution in [3.63, 3.8) is 0 Å². The van der Waals surface area contributed by atoms with Gasteiger partial charge in [-0.15, -0.1) is 0 Å². The molecule has 1 aromatic rings. The Morgan fingerprint density at radius 3 is 2.59 bits per heavy atom. The van der Waals surface area contributed by atoms with Crippen LogP contribution < -0.4 is 0 Å². The van der Waals surface area contributed by atoms with Crippen molar-refractivity contribution < 1.29 is 14.3 Å². The van der Waals surface area contributed by atoms with E-state index in [2.05, 4.69) is 12.1 Å². The molecule has 3 heteroatoms. The van der Waals surface area contributed by atoms with Crippen LogP contribution in [-0.4, -0.2) is 26.3 Å². The maximum atomic E-state index is 11.3. The van der Waals surface area contributed by atoms with Gasteiger partial charge in [0, 0.05) is 20.1 Å². The largest absolute Gasteiger partial charge is 0.466 e. The fraction of sp³-hybridized carbons (Fsp3) is 0.500. The van der Waals surface area contributed by atoms with E-state index in [-0.39, 0.29) is 5.97 Å². The summed E-state index contributed by atoms with van der Waals surface area (Å²) >= 11 is 0. The molecule has 0 heterocycles. The van der Waals surface area contributed by atoms with Crippen LogP contribution in [0.5, 0.6) is 0 Å². The number of rotatable bonds is 8. The van der Waals surface area contributed by atoms with E-state index in [1.807, 2.05) is 18.2 Å². The Bertz CT molecular complexity index is 309. The van der Waals surface area contributed by atoms with Crippen LogP contribution in [0.3, 0.4) is 0 Å². The smallest absolute Gasteiger partial charge is 0.305 e. The third-order valence-electron chi connectivity index (χ3n) is 2.45. The van der Waals surface area contributed by atoms with Gasteiger partial charge in [0.2, 0.25) is 0 Å². The molecule has 0 bridgehead atoms. The first-order valence-corrected chi connectivity index (χ1v) is 6.01. The fourth-order valence-corrected chi connectivity index (χ4v) is 1.54. The zero-order valence-corrected chi connectivity index (χ0v) is 10.4. The molecule has 0 spiro atoms. The van der Waals surface area contributed by atoms with Gasteiger partial charge >= 0.3 is 5.97 Å². The van der Waals surface area contributed by atoms with Crippen molar-refractivity contribution in [1.82, 2.24) is 0 Å². The molecule has 0 aliphatic heterocycles. The van der Waals surface area contributed by atoms with Crippen LogP contribution in [0.15, 0.2) is 30.3 Å². The topological polar surface area (TPSA) is 35.5 Å². The number of aryl methyl sites for hydroxylation is 1. The molecule has 1 aromatic carbocycles. The summed E-state index contributed by atoms with van der Waals surface area (Å²) in [6, 6.07) is 10.2. The van der Waals surface area contributed by atoms with E-state index in [1.165, 1.54) is 5.56 Å². The lowest BCUT2D eigenvalue weighted by molar-refractivity contribution is -0.144. The molecule has 17 heavy (non-hydrogen) atoms. The van der Waals surface area contributed by atoms with Crippen LogP contribution in [-0.2, 0) is 20.7 Å². The minimum Gasteiger partial charge on any atom is -0.466 e. The minimum absolute atomic E-state index is 0.130. The van der Waals surface area contributed by atoms with Crippen LogP contribution in [0.1, 0.15) is 24.8 Å². The lowest BCUT2D eigenvalue weighted by atomic mass is 10.1. The van der Waals surface area contributed by atoms with Gasteiger partial charge in [-0.2, -0.15) is 0 Å². The lowest BCUT2D eigenvalue weighted by Gasteiger charge is -2.04. The Morgan fingerprint density at radius 2 is 1.88 bits per heavy atom. The molecule has 0 fully saturated rings. The zero-order valence-electron chi connectivity index (χ0n) is 10.4. The molecule has 0 amide bonds. The highest BCUT2D eigenvalue weighted by Gasteiger charge is 2.01. The lowest BCUT2D eigenvalue weighted by Crippen LogP contribution is -2.07. The molecule has 0 atom stereocenters. The Hall–Kier alpha value is -1.35. The highest BCUT2D eigenvalue weighted by atomic mass is 16.5. The van der Waals surface area contributed by atoms with Crippen molar-refractivity contribution in [1.29, 1.82) is 0 Å². The predicted octanol–water partition coefficient (Wildman–Crippen LogP) is 2.59. The molecule has 1 rings (SSSR count). The van der Waals surface area contributed by atoms with Gasteiger partial charge in [-0.25, -0.2) is 0 Å². The van der Waals surface area contributed by atoms with Crippen LogP contribution in [0, 0.1) is 0 Å². The van der Waals surface area contributed by atoms with Gasteiger partial charge in [0.05, 0.1) is 6.61 Å². The van der Waals surface area contributed by atoms with Crippen LogP contribution >= 0.6 is 0 Å². The van der Waals surface area contributed by atoms with E-state index in [1.54, 1.807) is 7.11 Å².